The van der Waals surface area contributed by atoms with Crippen molar-refractivity contribution in [2.75, 3.05) is 34.4 Å². The molecule has 0 amide bonds. The van der Waals surface area contributed by atoms with Crippen LogP contribution in [-0.2, 0) is 13.1 Å². The second kappa shape index (κ2) is 11.9. The fourth-order valence-electron chi connectivity index (χ4n) is 4.21. The Morgan fingerprint density at radius 3 is 2.52 bits per heavy atom. The number of methoxy groups -OCH3 is 2. The SMILES string of the molecule is CN=C(NCc1nccn1Cc1ccccc1)N1CCC(c2cc(OC)cc(OC)c2)C1.I. The number of guanidine groups is 1. The molecule has 3 aromatic rings. The third kappa shape index (κ3) is 6.19. The van der Waals surface area contributed by atoms with Crippen molar-refractivity contribution in [2.45, 2.75) is 25.4 Å². The summed E-state index contributed by atoms with van der Waals surface area (Å²) in [6.45, 7) is 3.28. The smallest absolute Gasteiger partial charge is 0.194 e. The molecule has 4 rings (SSSR count). The number of hydrogen-bond donors (Lipinski definition) is 1. The molecule has 0 spiro atoms. The Bertz CT molecular complexity index is 1030. The van der Waals surface area contributed by atoms with E-state index in [1.54, 1.807) is 14.2 Å². The molecule has 33 heavy (non-hydrogen) atoms. The van der Waals surface area contributed by atoms with E-state index >= 15 is 0 Å². The third-order valence-electron chi connectivity index (χ3n) is 5.95. The van der Waals surface area contributed by atoms with Crippen molar-refractivity contribution in [3.05, 3.63) is 77.9 Å². The van der Waals surface area contributed by atoms with Crippen LogP contribution >= 0.6 is 24.0 Å². The maximum Gasteiger partial charge on any atom is 0.194 e. The van der Waals surface area contributed by atoms with Crippen molar-refractivity contribution < 1.29 is 9.47 Å². The molecular weight excluding hydrogens is 529 g/mol. The summed E-state index contributed by atoms with van der Waals surface area (Å²) < 4.78 is 13.1. The average Bonchev–Trinajstić information content (AvgIpc) is 3.50. The average molecular weight is 561 g/mol. The van der Waals surface area contributed by atoms with Gasteiger partial charge in [-0.05, 0) is 29.7 Å². The van der Waals surface area contributed by atoms with Crippen molar-refractivity contribution in [2.24, 2.45) is 4.99 Å². The van der Waals surface area contributed by atoms with Gasteiger partial charge >= 0.3 is 0 Å². The fourth-order valence-corrected chi connectivity index (χ4v) is 4.21. The Morgan fingerprint density at radius 1 is 1.12 bits per heavy atom. The van der Waals surface area contributed by atoms with Gasteiger partial charge in [-0.2, -0.15) is 0 Å². The zero-order valence-corrected chi connectivity index (χ0v) is 21.7. The molecule has 1 aliphatic rings. The molecule has 1 N–H and O–H groups in total. The minimum atomic E-state index is 0. The van der Waals surface area contributed by atoms with Gasteiger partial charge in [0.15, 0.2) is 5.96 Å². The zero-order chi connectivity index (χ0) is 22.3. The van der Waals surface area contributed by atoms with Crippen LogP contribution in [0.4, 0.5) is 0 Å². The topological polar surface area (TPSA) is 63.9 Å². The first-order valence-electron chi connectivity index (χ1n) is 10.9. The van der Waals surface area contributed by atoms with E-state index in [1.807, 2.05) is 31.6 Å². The number of nitrogens with one attached hydrogen (secondary N) is 1. The summed E-state index contributed by atoms with van der Waals surface area (Å²) in [6.07, 6.45) is 4.93. The zero-order valence-electron chi connectivity index (χ0n) is 19.4. The van der Waals surface area contributed by atoms with Gasteiger partial charge in [-0.1, -0.05) is 30.3 Å². The lowest BCUT2D eigenvalue weighted by atomic mass is 9.98. The van der Waals surface area contributed by atoms with Gasteiger partial charge in [0.2, 0.25) is 0 Å². The Balaban J connectivity index is 0.00000306. The molecule has 7 nitrogen and oxygen atoms in total. The molecule has 1 atom stereocenters. The van der Waals surface area contributed by atoms with Gasteiger partial charge in [-0.15, -0.1) is 24.0 Å². The van der Waals surface area contributed by atoms with Crippen molar-refractivity contribution in [1.29, 1.82) is 0 Å². The highest BCUT2D eigenvalue weighted by Crippen LogP contribution is 2.32. The highest BCUT2D eigenvalue weighted by molar-refractivity contribution is 14.0. The summed E-state index contributed by atoms with van der Waals surface area (Å²) in [5, 5.41) is 3.50. The van der Waals surface area contributed by atoms with E-state index in [1.165, 1.54) is 11.1 Å². The fraction of sp³-hybridized carbons (Fsp3) is 0.360. The number of nitrogens with zero attached hydrogens (tertiary/aromatic N) is 4. The van der Waals surface area contributed by atoms with Crippen molar-refractivity contribution in [3.63, 3.8) is 0 Å². The standard InChI is InChI=1S/C25H31N5O2.HI/c1-26-25(28-16-24-27-10-12-29(24)17-19-7-5-4-6-8-19)30-11-9-20(18-30)21-13-22(31-2)15-23(14-21)32-3;/h4-8,10,12-15,20H,9,11,16-18H2,1-3H3,(H,26,28);1H. The Labute approximate surface area is 212 Å². The van der Waals surface area contributed by atoms with Gasteiger partial charge in [0, 0.05) is 51.1 Å². The first-order chi connectivity index (χ1) is 15.7. The molecule has 0 radical (unpaired) electrons. The van der Waals surface area contributed by atoms with Gasteiger partial charge < -0.3 is 24.3 Å². The highest BCUT2D eigenvalue weighted by Gasteiger charge is 2.27. The lowest BCUT2D eigenvalue weighted by molar-refractivity contribution is 0.392. The van der Waals surface area contributed by atoms with Gasteiger partial charge in [0.05, 0.1) is 20.8 Å². The summed E-state index contributed by atoms with van der Waals surface area (Å²) in [7, 11) is 5.21. The quantitative estimate of drug-likeness (QED) is 0.267. The van der Waals surface area contributed by atoms with E-state index in [9.17, 15) is 0 Å². The first kappa shape index (κ1) is 24.9. The van der Waals surface area contributed by atoms with E-state index in [0.29, 0.717) is 12.5 Å². The Kier molecular flexibility index (Phi) is 8.99. The summed E-state index contributed by atoms with van der Waals surface area (Å²) >= 11 is 0. The third-order valence-corrected chi connectivity index (χ3v) is 5.95. The van der Waals surface area contributed by atoms with Crippen molar-refractivity contribution in [1.82, 2.24) is 19.8 Å². The molecule has 1 unspecified atom stereocenters. The van der Waals surface area contributed by atoms with Gasteiger partial charge in [-0.25, -0.2) is 4.98 Å². The summed E-state index contributed by atoms with van der Waals surface area (Å²) in [5.41, 5.74) is 2.49. The number of likely N-dealkylation sites (tertiary alicyclic amines) is 1. The van der Waals surface area contributed by atoms with Gasteiger partial charge in [0.1, 0.15) is 17.3 Å². The number of aromatic nitrogens is 2. The maximum atomic E-state index is 5.45. The predicted molar refractivity (Wildman–Crippen MR) is 142 cm³/mol. The number of hydrogen-bond acceptors (Lipinski definition) is 4. The summed E-state index contributed by atoms with van der Waals surface area (Å²) in [4.78, 5) is 11.4. The minimum absolute atomic E-state index is 0. The number of benzene rings is 2. The molecule has 176 valence electrons. The van der Waals surface area contributed by atoms with Crippen LogP contribution in [-0.4, -0.2) is 54.8 Å². The molecule has 2 heterocycles. The molecule has 1 aromatic heterocycles. The summed E-state index contributed by atoms with van der Waals surface area (Å²) in [5.74, 6) is 3.94. The van der Waals surface area contributed by atoms with Crippen LogP contribution in [0.15, 0.2) is 65.9 Å². The molecule has 0 saturated carbocycles. The summed E-state index contributed by atoms with van der Waals surface area (Å²) in [6, 6.07) is 16.5. The molecular formula is C25H32IN5O2. The molecule has 1 fully saturated rings. The second-order valence-electron chi connectivity index (χ2n) is 7.94. The molecule has 2 aromatic carbocycles. The van der Waals surface area contributed by atoms with Gasteiger partial charge in [0.25, 0.3) is 0 Å². The van der Waals surface area contributed by atoms with E-state index < -0.39 is 0 Å². The number of rotatable bonds is 7. The second-order valence-corrected chi connectivity index (χ2v) is 7.94. The lowest BCUT2D eigenvalue weighted by Crippen LogP contribution is -2.40. The molecule has 0 bridgehead atoms. The first-order valence-corrected chi connectivity index (χ1v) is 10.9. The molecule has 8 heteroatoms. The van der Waals surface area contributed by atoms with Crippen LogP contribution < -0.4 is 14.8 Å². The van der Waals surface area contributed by atoms with Crippen LogP contribution in [0.5, 0.6) is 11.5 Å². The predicted octanol–water partition coefficient (Wildman–Crippen LogP) is 4.13. The molecule has 1 aliphatic heterocycles. The highest BCUT2D eigenvalue weighted by atomic mass is 127. The maximum absolute atomic E-state index is 5.45. The number of ether oxygens (including phenoxy) is 2. The van der Waals surface area contributed by atoms with Crippen LogP contribution in [0.25, 0.3) is 0 Å². The van der Waals surface area contributed by atoms with Crippen molar-refractivity contribution in [3.8, 4) is 11.5 Å². The minimum Gasteiger partial charge on any atom is -0.497 e. The molecule has 0 aliphatic carbocycles. The lowest BCUT2D eigenvalue weighted by Gasteiger charge is -2.22. The largest absolute Gasteiger partial charge is 0.497 e. The normalized spacial score (nSPS) is 15.8. The van der Waals surface area contributed by atoms with Crippen LogP contribution in [0, 0.1) is 0 Å². The monoisotopic (exact) mass is 561 g/mol. The van der Waals surface area contributed by atoms with Crippen LogP contribution in [0.3, 0.4) is 0 Å². The van der Waals surface area contributed by atoms with E-state index in [0.717, 1.165) is 49.3 Å². The number of imidazole rings is 1. The number of halogens is 1. The van der Waals surface area contributed by atoms with E-state index in [-0.39, 0.29) is 24.0 Å². The Morgan fingerprint density at radius 2 is 1.85 bits per heavy atom. The van der Waals surface area contributed by atoms with Crippen LogP contribution in [0.1, 0.15) is 29.3 Å². The van der Waals surface area contributed by atoms with E-state index in [4.69, 9.17) is 9.47 Å². The molecule has 1 saturated heterocycles. The van der Waals surface area contributed by atoms with Crippen LogP contribution in [0.2, 0.25) is 0 Å². The van der Waals surface area contributed by atoms with Gasteiger partial charge in [-0.3, -0.25) is 4.99 Å². The van der Waals surface area contributed by atoms with Crippen molar-refractivity contribution >= 4 is 29.9 Å². The number of aliphatic imine (C=N–C) groups is 1. The Hall–Kier alpha value is -2.75. The van der Waals surface area contributed by atoms with E-state index in [2.05, 4.69) is 61.2 Å².